The van der Waals surface area contributed by atoms with Crippen molar-refractivity contribution in [2.75, 3.05) is 19.6 Å². The van der Waals surface area contributed by atoms with Gasteiger partial charge in [0.25, 0.3) is 0 Å². The van der Waals surface area contributed by atoms with E-state index >= 15 is 0 Å². The van der Waals surface area contributed by atoms with Gasteiger partial charge in [0.05, 0.1) is 6.10 Å². The SMILES string of the molecule is NC[C@H]1CCNC[C@H]1O. The van der Waals surface area contributed by atoms with Crippen LogP contribution in [0.5, 0.6) is 0 Å². The van der Waals surface area contributed by atoms with E-state index in [0.29, 0.717) is 19.0 Å². The normalized spacial score (nSPS) is 36.7. The average Bonchev–Trinajstić information content (AvgIpc) is 1.89. The molecule has 0 aromatic heterocycles. The lowest BCUT2D eigenvalue weighted by Crippen LogP contribution is -2.43. The van der Waals surface area contributed by atoms with Crippen LogP contribution in [0.1, 0.15) is 6.42 Å². The monoisotopic (exact) mass is 130 g/mol. The molecule has 0 aliphatic carbocycles. The lowest BCUT2D eigenvalue weighted by molar-refractivity contribution is 0.0863. The molecule has 54 valence electrons. The first-order valence-corrected chi connectivity index (χ1v) is 3.43. The second kappa shape index (κ2) is 3.15. The summed E-state index contributed by atoms with van der Waals surface area (Å²) in [4.78, 5) is 0. The number of hydrogen-bond donors (Lipinski definition) is 3. The van der Waals surface area contributed by atoms with Gasteiger partial charge in [-0.05, 0) is 25.4 Å². The van der Waals surface area contributed by atoms with Gasteiger partial charge < -0.3 is 16.2 Å². The van der Waals surface area contributed by atoms with E-state index in [9.17, 15) is 5.11 Å². The van der Waals surface area contributed by atoms with Crippen molar-refractivity contribution in [2.24, 2.45) is 11.7 Å². The smallest absolute Gasteiger partial charge is 0.0705 e. The van der Waals surface area contributed by atoms with Crippen molar-refractivity contribution in [1.29, 1.82) is 0 Å². The quantitative estimate of drug-likeness (QED) is 0.423. The van der Waals surface area contributed by atoms with Crippen LogP contribution >= 0.6 is 0 Å². The predicted molar refractivity (Wildman–Crippen MR) is 36.0 cm³/mol. The van der Waals surface area contributed by atoms with Gasteiger partial charge in [-0.15, -0.1) is 0 Å². The molecule has 0 spiro atoms. The highest BCUT2D eigenvalue weighted by atomic mass is 16.3. The Hall–Kier alpha value is -0.120. The van der Waals surface area contributed by atoms with E-state index in [1.54, 1.807) is 0 Å². The van der Waals surface area contributed by atoms with Crippen molar-refractivity contribution in [2.45, 2.75) is 12.5 Å². The van der Waals surface area contributed by atoms with Crippen LogP contribution in [-0.2, 0) is 0 Å². The topological polar surface area (TPSA) is 58.3 Å². The Morgan fingerprint density at radius 2 is 2.44 bits per heavy atom. The van der Waals surface area contributed by atoms with E-state index in [0.717, 1.165) is 13.0 Å². The number of aliphatic hydroxyl groups is 1. The second-order valence-corrected chi connectivity index (χ2v) is 2.56. The molecule has 1 rings (SSSR count). The van der Waals surface area contributed by atoms with E-state index in [4.69, 9.17) is 5.73 Å². The Morgan fingerprint density at radius 3 is 2.89 bits per heavy atom. The fourth-order valence-corrected chi connectivity index (χ4v) is 1.17. The molecule has 0 amide bonds. The van der Waals surface area contributed by atoms with Crippen LogP contribution in [-0.4, -0.2) is 30.8 Å². The molecule has 9 heavy (non-hydrogen) atoms. The zero-order valence-corrected chi connectivity index (χ0v) is 5.51. The molecule has 0 aromatic rings. The number of aliphatic hydroxyl groups excluding tert-OH is 1. The summed E-state index contributed by atoms with van der Waals surface area (Å²) in [5.41, 5.74) is 5.41. The highest BCUT2D eigenvalue weighted by Gasteiger charge is 2.20. The zero-order valence-electron chi connectivity index (χ0n) is 5.51. The summed E-state index contributed by atoms with van der Waals surface area (Å²) in [6.45, 7) is 2.32. The van der Waals surface area contributed by atoms with Gasteiger partial charge in [-0.1, -0.05) is 0 Å². The molecule has 4 N–H and O–H groups in total. The maximum atomic E-state index is 9.23. The number of hydrogen-bond acceptors (Lipinski definition) is 3. The Balaban J connectivity index is 2.30. The van der Waals surface area contributed by atoms with Crippen LogP contribution in [0.4, 0.5) is 0 Å². The first kappa shape index (κ1) is 6.99. The Kier molecular flexibility index (Phi) is 2.45. The molecular formula is C6H14N2O. The maximum absolute atomic E-state index is 9.23. The van der Waals surface area contributed by atoms with Crippen LogP contribution in [0.15, 0.2) is 0 Å². The number of β-amino-alcohol motifs (C(OH)–C–C–N with tert-alkyl or cyclic N) is 1. The van der Waals surface area contributed by atoms with Crippen molar-refractivity contribution in [3.05, 3.63) is 0 Å². The van der Waals surface area contributed by atoms with Gasteiger partial charge >= 0.3 is 0 Å². The first-order valence-electron chi connectivity index (χ1n) is 3.43. The third kappa shape index (κ3) is 1.64. The van der Waals surface area contributed by atoms with E-state index in [1.165, 1.54) is 0 Å². The molecule has 1 fully saturated rings. The van der Waals surface area contributed by atoms with Crippen LogP contribution in [0.25, 0.3) is 0 Å². The molecule has 0 bridgehead atoms. The van der Waals surface area contributed by atoms with Crippen molar-refractivity contribution < 1.29 is 5.11 Å². The van der Waals surface area contributed by atoms with Gasteiger partial charge in [0.2, 0.25) is 0 Å². The Labute approximate surface area is 55.2 Å². The summed E-state index contributed by atoms with van der Waals surface area (Å²) in [5, 5.41) is 12.3. The molecular weight excluding hydrogens is 116 g/mol. The van der Waals surface area contributed by atoms with Crippen molar-refractivity contribution in [3.63, 3.8) is 0 Å². The minimum Gasteiger partial charge on any atom is -0.391 e. The van der Waals surface area contributed by atoms with Gasteiger partial charge in [-0.25, -0.2) is 0 Å². The average molecular weight is 130 g/mol. The molecule has 2 atom stereocenters. The fraction of sp³-hybridized carbons (Fsp3) is 1.00. The van der Waals surface area contributed by atoms with Crippen molar-refractivity contribution in [1.82, 2.24) is 5.32 Å². The summed E-state index contributed by atoms with van der Waals surface area (Å²) in [7, 11) is 0. The highest BCUT2D eigenvalue weighted by Crippen LogP contribution is 2.09. The molecule has 3 nitrogen and oxygen atoms in total. The largest absolute Gasteiger partial charge is 0.391 e. The molecule has 1 aliphatic rings. The molecule has 0 radical (unpaired) electrons. The third-order valence-corrected chi connectivity index (χ3v) is 1.89. The van der Waals surface area contributed by atoms with E-state index < -0.39 is 0 Å². The number of nitrogens with one attached hydrogen (secondary N) is 1. The van der Waals surface area contributed by atoms with Crippen molar-refractivity contribution >= 4 is 0 Å². The van der Waals surface area contributed by atoms with Crippen LogP contribution in [0, 0.1) is 5.92 Å². The molecule has 1 saturated heterocycles. The van der Waals surface area contributed by atoms with E-state index in [-0.39, 0.29) is 6.10 Å². The molecule has 0 saturated carbocycles. The summed E-state index contributed by atoms with van der Waals surface area (Å²) in [6.07, 6.45) is 0.793. The molecule has 3 heteroatoms. The fourth-order valence-electron chi connectivity index (χ4n) is 1.17. The third-order valence-electron chi connectivity index (χ3n) is 1.89. The minimum absolute atomic E-state index is 0.219. The van der Waals surface area contributed by atoms with Crippen LogP contribution in [0.3, 0.4) is 0 Å². The summed E-state index contributed by atoms with van der Waals surface area (Å²) < 4.78 is 0. The van der Waals surface area contributed by atoms with E-state index in [1.807, 2.05) is 0 Å². The standard InChI is InChI=1S/C6H14N2O/c7-3-5-1-2-8-4-6(5)9/h5-6,8-9H,1-4,7H2/t5-,6-/m1/s1. The second-order valence-electron chi connectivity index (χ2n) is 2.56. The minimum atomic E-state index is -0.219. The van der Waals surface area contributed by atoms with Gasteiger partial charge in [0, 0.05) is 6.54 Å². The first-order chi connectivity index (χ1) is 4.34. The Bertz CT molecular complexity index is 87.1. The van der Waals surface area contributed by atoms with Gasteiger partial charge in [0.1, 0.15) is 0 Å². The molecule has 0 unspecified atom stereocenters. The lowest BCUT2D eigenvalue weighted by Gasteiger charge is -2.26. The predicted octanol–water partition coefficient (Wildman–Crippen LogP) is -1.08. The maximum Gasteiger partial charge on any atom is 0.0705 e. The highest BCUT2D eigenvalue weighted by molar-refractivity contribution is 4.77. The van der Waals surface area contributed by atoms with Crippen LogP contribution < -0.4 is 11.1 Å². The molecule has 0 aromatic carbocycles. The van der Waals surface area contributed by atoms with Gasteiger partial charge in [-0.3, -0.25) is 0 Å². The van der Waals surface area contributed by atoms with Gasteiger partial charge in [0.15, 0.2) is 0 Å². The number of nitrogens with two attached hydrogens (primary N) is 1. The van der Waals surface area contributed by atoms with Crippen LogP contribution in [0.2, 0.25) is 0 Å². The summed E-state index contributed by atoms with van der Waals surface area (Å²) in [5.74, 6) is 0.325. The van der Waals surface area contributed by atoms with Crippen molar-refractivity contribution in [3.8, 4) is 0 Å². The molecule has 1 aliphatic heterocycles. The molecule has 1 heterocycles. The number of rotatable bonds is 1. The van der Waals surface area contributed by atoms with E-state index in [2.05, 4.69) is 5.32 Å². The lowest BCUT2D eigenvalue weighted by atomic mass is 9.96. The number of piperidine rings is 1. The zero-order chi connectivity index (χ0) is 6.69. The van der Waals surface area contributed by atoms with Gasteiger partial charge in [-0.2, -0.15) is 0 Å². The summed E-state index contributed by atoms with van der Waals surface area (Å²) in [6, 6.07) is 0. The summed E-state index contributed by atoms with van der Waals surface area (Å²) >= 11 is 0. The Morgan fingerprint density at radius 1 is 1.67 bits per heavy atom.